The zero-order valence-corrected chi connectivity index (χ0v) is 16.1. The number of nitrogens with one attached hydrogen (secondary N) is 1. The van der Waals surface area contributed by atoms with Crippen molar-refractivity contribution >= 4 is 11.5 Å². The number of anilines is 1. The first kappa shape index (κ1) is 16.8. The summed E-state index contributed by atoms with van der Waals surface area (Å²) in [6, 6.07) is 8.07. The predicted molar refractivity (Wildman–Crippen MR) is 107 cm³/mol. The van der Waals surface area contributed by atoms with Crippen molar-refractivity contribution in [1.29, 1.82) is 0 Å². The smallest absolute Gasteiger partial charge is 0.319 e. The first-order chi connectivity index (χ1) is 14.8. The molecule has 0 fully saturated rings. The van der Waals surface area contributed by atoms with Gasteiger partial charge in [0, 0.05) is 31.1 Å². The molecule has 5 aromatic rings. The van der Waals surface area contributed by atoms with Gasteiger partial charge in [0.1, 0.15) is 18.1 Å². The summed E-state index contributed by atoms with van der Waals surface area (Å²) in [5, 5.41) is 13.3. The fourth-order valence-corrected chi connectivity index (χ4v) is 3.94. The SMILES string of the molecule is Cc1cccn2nc(C3c4nc[nH]c4CCN3c3nnc(-c4ccncn4)o3)cc12. The third-order valence-electron chi connectivity index (χ3n) is 5.40. The van der Waals surface area contributed by atoms with Gasteiger partial charge in [-0.2, -0.15) is 5.10 Å². The lowest BCUT2D eigenvalue weighted by molar-refractivity contribution is 0.502. The maximum Gasteiger partial charge on any atom is 0.319 e. The van der Waals surface area contributed by atoms with Gasteiger partial charge in [0.15, 0.2) is 0 Å². The number of aromatic amines is 1. The van der Waals surface area contributed by atoms with Crippen LogP contribution in [0.2, 0.25) is 0 Å². The van der Waals surface area contributed by atoms with E-state index in [1.165, 1.54) is 6.33 Å². The van der Waals surface area contributed by atoms with E-state index in [-0.39, 0.29) is 6.04 Å². The molecular weight excluding hydrogens is 382 g/mol. The Kier molecular flexibility index (Phi) is 3.63. The Hall–Kier alpha value is -4.08. The second-order valence-electron chi connectivity index (χ2n) is 7.19. The van der Waals surface area contributed by atoms with Crippen LogP contribution in [0.25, 0.3) is 17.1 Å². The van der Waals surface area contributed by atoms with E-state index >= 15 is 0 Å². The summed E-state index contributed by atoms with van der Waals surface area (Å²) < 4.78 is 7.88. The van der Waals surface area contributed by atoms with Crippen molar-refractivity contribution in [2.75, 3.05) is 11.4 Å². The quantitative estimate of drug-likeness (QED) is 0.492. The average molecular weight is 399 g/mol. The summed E-state index contributed by atoms with van der Waals surface area (Å²) in [7, 11) is 0. The molecule has 0 aromatic carbocycles. The molecule has 1 unspecified atom stereocenters. The number of pyridine rings is 1. The molecule has 10 nitrogen and oxygen atoms in total. The van der Waals surface area contributed by atoms with Gasteiger partial charge in [-0.25, -0.2) is 19.5 Å². The van der Waals surface area contributed by atoms with Gasteiger partial charge in [-0.15, -0.1) is 5.10 Å². The number of nitrogens with zero attached hydrogens (tertiary/aromatic N) is 8. The van der Waals surface area contributed by atoms with Gasteiger partial charge in [0.05, 0.1) is 23.2 Å². The second kappa shape index (κ2) is 6.48. The molecular formula is C20H17N9O. The molecule has 1 aliphatic heterocycles. The third-order valence-corrected chi connectivity index (χ3v) is 5.40. The number of hydrogen-bond donors (Lipinski definition) is 1. The van der Waals surface area contributed by atoms with E-state index in [9.17, 15) is 0 Å². The lowest BCUT2D eigenvalue weighted by Gasteiger charge is -2.32. The monoisotopic (exact) mass is 399 g/mol. The Bertz CT molecular complexity index is 1340. The van der Waals surface area contributed by atoms with E-state index < -0.39 is 0 Å². The number of H-pyrrole nitrogens is 1. The van der Waals surface area contributed by atoms with Crippen molar-refractivity contribution in [2.24, 2.45) is 0 Å². The van der Waals surface area contributed by atoms with E-state index in [4.69, 9.17) is 9.52 Å². The molecule has 5 aromatic heterocycles. The largest absolute Gasteiger partial charge is 0.402 e. The van der Waals surface area contributed by atoms with Crippen LogP contribution in [0.3, 0.4) is 0 Å². The van der Waals surface area contributed by atoms with Crippen LogP contribution in [0.4, 0.5) is 6.01 Å². The predicted octanol–water partition coefficient (Wildman–Crippen LogP) is 2.36. The maximum absolute atomic E-state index is 5.99. The molecule has 1 aliphatic rings. The summed E-state index contributed by atoms with van der Waals surface area (Å²) in [5.41, 5.74) is 5.69. The first-order valence-electron chi connectivity index (χ1n) is 9.61. The van der Waals surface area contributed by atoms with E-state index in [1.54, 1.807) is 18.6 Å². The minimum atomic E-state index is -0.238. The lowest BCUT2D eigenvalue weighted by Crippen LogP contribution is -2.36. The van der Waals surface area contributed by atoms with Gasteiger partial charge in [-0.1, -0.05) is 11.2 Å². The Morgan fingerprint density at radius 2 is 2.17 bits per heavy atom. The summed E-state index contributed by atoms with van der Waals surface area (Å²) in [4.78, 5) is 18.0. The number of rotatable bonds is 3. The Morgan fingerprint density at radius 1 is 1.20 bits per heavy atom. The van der Waals surface area contributed by atoms with Gasteiger partial charge >= 0.3 is 6.01 Å². The standard InChI is InChI=1S/C20H17N9O/c1-12-3-2-7-29-16(12)9-15(27-29)18-17-13(23-11-24-17)5-8-28(18)20-26-25-19(30-20)14-4-6-21-10-22-14/h2-4,6-7,9-11,18H,5,8H2,1H3,(H,23,24). The van der Waals surface area contributed by atoms with Crippen molar-refractivity contribution in [3.63, 3.8) is 0 Å². The summed E-state index contributed by atoms with van der Waals surface area (Å²) in [6.45, 7) is 2.77. The highest BCUT2D eigenvalue weighted by molar-refractivity contribution is 5.57. The molecule has 0 bridgehead atoms. The fraction of sp³-hybridized carbons (Fsp3) is 0.200. The van der Waals surface area contributed by atoms with Crippen LogP contribution in [0.5, 0.6) is 0 Å². The number of fused-ring (bicyclic) bond motifs is 2. The topological polar surface area (TPSA) is 114 Å². The van der Waals surface area contributed by atoms with Crippen LogP contribution in [-0.2, 0) is 6.42 Å². The average Bonchev–Trinajstić information content (AvgIpc) is 3.52. The second-order valence-corrected chi connectivity index (χ2v) is 7.19. The van der Waals surface area contributed by atoms with Gasteiger partial charge in [0.25, 0.3) is 5.89 Å². The molecule has 148 valence electrons. The number of hydrogen-bond acceptors (Lipinski definition) is 8. The van der Waals surface area contributed by atoms with E-state index in [0.29, 0.717) is 24.1 Å². The van der Waals surface area contributed by atoms with Crippen LogP contribution >= 0.6 is 0 Å². The van der Waals surface area contributed by atoms with E-state index in [2.05, 4.69) is 54.1 Å². The van der Waals surface area contributed by atoms with Crippen LogP contribution < -0.4 is 4.90 Å². The Balaban J connectivity index is 1.46. The molecule has 0 spiro atoms. The van der Waals surface area contributed by atoms with Crippen molar-refractivity contribution in [1.82, 2.24) is 39.7 Å². The van der Waals surface area contributed by atoms with Gasteiger partial charge in [0.2, 0.25) is 0 Å². The Labute approximate surface area is 170 Å². The van der Waals surface area contributed by atoms with Gasteiger partial charge in [-0.05, 0) is 30.7 Å². The maximum atomic E-state index is 5.99. The molecule has 6 heterocycles. The first-order valence-corrected chi connectivity index (χ1v) is 9.61. The highest BCUT2D eigenvalue weighted by Crippen LogP contribution is 2.37. The van der Waals surface area contributed by atoms with Gasteiger partial charge < -0.3 is 14.3 Å². The third kappa shape index (κ3) is 2.57. The lowest BCUT2D eigenvalue weighted by atomic mass is 10.00. The zero-order chi connectivity index (χ0) is 20.1. The minimum Gasteiger partial charge on any atom is -0.402 e. The number of imidazole rings is 1. The molecule has 0 aliphatic carbocycles. The molecule has 6 rings (SSSR count). The highest BCUT2D eigenvalue weighted by atomic mass is 16.4. The van der Waals surface area contributed by atoms with Crippen LogP contribution in [0.15, 0.2) is 53.7 Å². The van der Waals surface area contributed by atoms with E-state index in [0.717, 1.165) is 34.6 Å². The number of aryl methyl sites for hydroxylation is 1. The summed E-state index contributed by atoms with van der Waals surface area (Å²) >= 11 is 0. The van der Waals surface area contributed by atoms with Crippen molar-refractivity contribution in [3.05, 3.63) is 72.0 Å². The van der Waals surface area contributed by atoms with Gasteiger partial charge in [-0.3, -0.25) is 0 Å². The molecule has 1 atom stereocenters. The summed E-state index contributed by atoms with van der Waals surface area (Å²) in [5.74, 6) is 0.352. The molecule has 10 heteroatoms. The van der Waals surface area contributed by atoms with Crippen LogP contribution in [-0.4, -0.2) is 46.3 Å². The molecule has 1 N–H and O–H groups in total. The molecule has 0 saturated carbocycles. The normalized spacial score (nSPS) is 16.2. The molecule has 0 amide bonds. The fourth-order valence-electron chi connectivity index (χ4n) is 3.94. The Morgan fingerprint density at radius 3 is 3.03 bits per heavy atom. The van der Waals surface area contributed by atoms with Crippen molar-refractivity contribution in [2.45, 2.75) is 19.4 Å². The van der Waals surface area contributed by atoms with Crippen LogP contribution in [0, 0.1) is 6.92 Å². The zero-order valence-electron chi connectivity index (χ0n) is 16.1. The minimum absolute atomic E-state index is 0.238. The molecule has 0 saturated heterocycles. The molecule has 0 radical (unpaired) electrons. The van der Waals surface area contributed by atoms with Crippen LogP contribution in [0.1, 0.15) is 28.7 Å². The van der Waals surface area contributed by atoms with E-state index in [1.807, 2.05) is 16.8 Å². The van der Waals surface area contributed by atoms with Crippen molar-refractivity contribution < 1.29 is 4.42 Å². The highest BCUT2D eigenvalue weighted by Gasteiger charge is 2.36. The summed E-state index contributed by atoms with van der Waals surface area (Å²) in [6.07, 6.45) is 7.57. The molecule has 30 heavy (non-hydrogen) atoms. The number of aromatic nitrogens is 8. The van der Waals surface area contributed by atoms with Crippen molar-refractivity contribution in [3.8, 4) is 11.6 Å².